The van der Waals surface area contributed by atoms with Gasteiger partial charge in [0.25, 0.3) is 5.91 Å². The molecule has 0 N–H and O–H groups in total. The molecule has 172 valence electrons. The number of carbonyl (C=O) groups is 1. The topological polar surface area (TPSA) is 66.9 Å². The molecule has 6 nitrogen and oxygen atoms in total. The van der Waals surface area contributed by atoms with Gasteiger partial charge in [-0.05, 0) is 53.4 Å². The van der Waals surface area contributed by atoms with Crippen LogP contribution in [0.1, 0.15) is 16.7 Å². The van der Waals surface area contributed by atoms with Crippen molar-refractivity contribution < 1.29 is 17.9 Å². The van der Waals surface area contributed by atoms with Gasteiger partial charge in [-0.15, -0.1) is 0 Å². The van der Waals surface area contributed by atoms with Crippen molar-refractivity contribution >= 4 is 33.2 Å². The van der Waals surface area contributed by atoms with E-state index in [-0.39, 0.29) is 19.1 Å². The molecule has 1 amide bonds. The highest BCUT2D eigenvalue weighted by Gasteiger charge is 2.21. The van der Waals surface area contributed by atoms with Crippen LogP contribution in [0.25, 0.3) is 0 Å². The van der Waals surface area contributed by atoms with Crippen LogP contribution in [0.2, 0.25) is 5.02 Å². The number of anilines is 1. The first-order valence-corrected chi connectivity index (χ1v) is 12.8. The van der Waals surface area contributed by atoms with Crippen molar-refractivity contribution in [2.75, 3.05) is 23.7 Å². The zero-order chi connectivity index (χ0) is 23.4. The zero-order valence-electron chi connectivity index (χ0n) is 18.3. The fraction of sp³-hybridized carbons (Fsp3) is 0.240. The van der Waals surface area contributed by atoms with Crippen LogP contribution in [0.3, 0.4) is 0 Å². The minimum absolute atomic E-state index is 0.0725. The van der Waals surface area contributed by atoms with E-state index < -0.39 is 10.0 Å². The molecule has 0 aliphatic carbocycles. The summed E-state index contributed by atoms with van der Waals surface area (Å²) in [6, 6.07) is 21.9. The number of hydrogen-bond donors (Lipinski definition) is 0. The third-order valence-electron chi connectivity index (χ3n) is 5.64. The van der Waals surface area contributed by atoms with E-state index in [0.717, 1.165) is 12.7 Å². The summed E-state index contributed by atoms with van der Waals surface area (Å²) in [6.07, 6.45) is 1.99. The Balaban J connectivity index is 1.40. The van der Waals surface area contributed by atoms with Crippen LogP contribution in [0.5, 0.6) is 5.75 Å². The maximum atomic E-state index is 12.6. The van der Waals surface area contributed by atoms with Crippen molar-refractivity contribution in [1.29, 1.82) is 0 Å². The number of ether oxygens (including phenoxy) is 1. The van der Waals surface area contributed by atoms with Crippen molar-refractivity contribution in [2.45, 2.75) is 19.5 Å². The van der Waals surface area contributed by atoms with Crippen molar-refractivity contribution in [1.82, 2.24) is 4.90 Å². The second-order valence-corrected chi connectivity index (χ2v) is 10.3. The molecule has 0 spiro atoms. The van der Waals surface area contributed by atoms with Gasteiger partial charge in [-0.3, -0.25) is 9.10 Å². The predicted molar refractivity (Wildman–Crippen MR) is 130 cm³/mol. The average molecular weight is 485 g/mol. The molecule has 3 aromatic rings. The lowest BCUT2D eigenvalue weighted by atomic mass is 10.00. The predicted octanol–water partition coefficient (Wildman–Crippen LogP) is 4.27. The largest absolute Gasteiger partial charge is 0.484 e. The molecule has 0 bridgehead atoms. The summed E-state index contributed by atoms with van der Waals surface area (Å²) < 4.78 is 31.8. The Labute approximate surface area is 199 Å². The van der Waals surface area contributed by atoms with Gasteiger partial charge in [-0.25, -0.2) is 8.42 Å². The number of nitrogens with zero attached hydrogens (tertiary/aromatic N) is 2. The fourth-order valence-electron chi connectivity index (χ4n) is 3.83. The Bertz CT molecular complexity index is 1250. The van der Waals surface area contributed by atoms with Gasteiger partial charge < -0.3 is 9.64 Å². The lowest BCUT2D eigenvalue weighted by Gasteiger charge is -2.28. The number of carbonyl (C=O) groups excluding carboxylic acids is 1. The number of hydrogen-bond acceptors (Lipinski definition) is 4. The number of amides is 1. The molecule has 0 unspecified atom stereocenters. The van der Waals surface area contributed by atoms with Gasteiger partial charge in [0, 0.05) is 18.1 Å². The molecule has 0 saturated heterocycles. The first-order chi connectivity index (χ1) is 15.8. The quantitative estimate of drug-likeness (QED) is 0.502. The van der Waals surface area contributed by atoms with Crippen molar-refractivity contribution in [3.63, 3.8) is 0 Å². The van der Waals surface area contributed by atoms with Gasteiger partial charge in [0.05, 0.1) is 18.5 Å². The molecule has 33 heavy (non-hydrogen) atoms. The van der Waals surface area contributed by atoms with Gasteiger partial charge in [0.15, 0.2) is 6.61 Å². The summed E-state index contributed by atoms with van der Waals surface area (Å²) in [5.74, 6) is 0.417. The lowest BCUT2D eigenvalue weighted by Crippen LogP contribution is -2.38. The average Bonchev–Trinajstić information content (AvgIpc) is 2.81. The van der Waals surface area contributed by atoms with Crippen molar-refractivity contribution in [3.05, 3.63) is 94.5 Å². The molecular formula is C25H25ClN2O4S. The van der Waals surface area contributed by atoms with E-state index in [1.807, 2.05) is 24.3 Å². The van der Waals surface area contributed by atoms with E-state index in [4.69, 9.17) is 16.3 Å². The molecule has 0 fully saturated rings. The smallest absolute Gasteiger partial charge is 0.260 e. The number of fused-ring (bicyclic) bond motifs is 1. The van der Waals surface area contributed by atoms with Crippen LogP contribution in [0.4, 0.5) is 5.69 Å². The van der Waals surface area contributed by atoms with E-state index in [1.165, 1.54) is 15.4 Å². The molecule has 0 radical (unpaired) electrons. The first kappa shape index (κ1) is 23.1. The normalized spacial score (nSPS) is 13.3. The minimum atomic E-state index is -3.54. The first-order valence-electron chi connectivity index (χ1n) is 10.6. The monoisotopic (exact) mass is 484 g/mol. The Hall–Kier alpha value is -3.03. The summed E-state index contributed by atoms with van der Waals surface area (Å²) in [6.45, 7) is 1.30. The Kier molecular flexibility index (Phi) is 6.91. The van der Waals surface area contributed by atoms with Gasteiger partial charge in [-0.2, -0.15) is 0 Å². The van der Waals surface area contributed by atoms with Crippen LogP contribution in [0.15, 0.2) is 72.8 Å². The zero-order valence-corrected chi connectivity index (χ0v) is 19.8. The number of rotatable bonds is 7. The maximum Gasteiger partial charge on any atom is 0.260 e. The summed E-state index contributed by atoms with van der Waals surface area (Å²) >= 11 is 6.22. The van der Waals surface area contributed by atoms with E-state index >= 15 is 0 Å². The number of benzene rings is 3. The Morgan fingerprint density at radius 3 is 2.36 bits per heavy atom. The highest BCUT2D eigenvalue weighted by atomic mass is 35.5. The summed E-state index contributed by atoms with van der Waals surface area (Å²) in [5.41, 5.74) is 3.65. The van der Waals surface area contributed by atoms with E-state index in [2.05, 4.69) is 6.07 Å². The minimum Gasteiger partial charge on any atom is -0.484 e. The van der Waals surface area contributed by atoms with Crippen molar-refractivity contribution in [2.24, 2.45) is 0 Å². The number of sulfonamides is 1. The highest BCUT2D eigenvalue weighted by molar-refractivity contribution is 7.92. The Morgan fingerprint density at radius 2 is 1.67 bits per heavy atom. The van der Waals surface area contributed by atoms with Crippen LogP contribution >= 0.6 is 11.6 Å². The molecule has 1 aliphatic heterocycles. The number of halogens is 1. The molecule has 8 heteroatoms. The van der Waals surface area contributed by atoms with Crippen LogP contribution in [0, 0.1) is 0 Å². The van der Waals surface area contributed by atoms with Gasteiger partial charge in [-0.1, -0.05) is 54.1 Å². The standard InChI is InChI=1S/C25H25ClN2O4S/c1-33(30,31)28(17-21-8-4-5-9-24(21)26)22-10-12-23(13-11-22)32-18-25(29)27-15-14-19-6-2-3-7-20(19)16-27/h2-13H,14-18H2,1H3. The van der Waals surface area contributed by atoms with Gasteiger partial charge in [0.2, 0.25) is 10.0 Å². The Morgan fingerprint density at radius 1 is 1.00 bits per heavy atom. The molecule has 3 aromatic carbocycles. The lowest BCUT2D eigenvalue weighted by molar-refractivity contribution is -0.134. The third-order valence-corrected chi connectivity index (χ3v) is 7.15. The van der Waals surface area contributed by atoms with Crippen LogP contribution < -0.4 is 9.04 Å². The molecule has 1 aliphatic rings. The molecule has 0 aromatic heterocycles. The molecule has 4 rings (SSSR count). The third kappa shape index (κ3) is 5.67. The SMILES string of the molecule is CS(=O)(=O)N(Cc1ccccc1Cl)c1ccc(OCC(=O)N2CCc3ccccc3C2)cc1. The molecule has 1 heterocycles. The van der Waals surface area contributed by atoms with Crippen LogP contribution in [-0.2, 0) is 34.3 Å². The molecular weight excluding hydrogens is 460 g/mol. The van der Waals surface area contributed by atoms with Crippen LogP contribution in [-0.4, -0.2) is 38.6 Å². The molecule has 0 saturated carbocycles. The highest BCUT2D eigenvalue weighted by Crippen LogP contribution is 2.26. The summed E-state index contributed by atoms with van der Waals surface area (Å²) in [4.78, 5) is 14.4. The van der Waals surface area contributed by atoms with E-state index in [0.29, 0.717) is 35.1 Å². The second kappa shape index (κ2) is 9.85. The maximum absolute atomic E-state index is 12.6. The second-order valence-electron chi connectivity index (χ2n) is 7.98. The summed E-state index contributed by atoms with van der Waals surface area (Å²) in [5, 5.41) is 0.505. The fourth-order valence-corrected chi connectivity index (χ4v) is 4.91. The van der Waals surface area contributed by atoms with E-state index in [9.17, 15) is 13.2 Å². The summed E-state index contributed by atoms with van der Waals surface area (Å²) in [7, 11) is -3.54. The van der Waals surface area contributed by atoms with Gasteiger partial charge >= 0.3 is 0 Å². The van der Waals surface area contributed by atoms with E-state index in [1.54, 1.807) is 47.4 Å². The van der Waals surface area contributed by atoms with Gasteiger partial charge in [0.1, 0.15) is 5.75 Å². The van der Waals surface area contributed by atoms with Crippen molar-refractivity contribution in [3.8, 4) is 5.75 Å². The molecule has 0 atom stereocenters.